The predicted molar refractivity (Wildman–Crippen MR) is 119 cm³/mol. The average molecular weight is 385 g/mol. The smallest absolute Gasteiger partial charge is 0.150 e. The molecule has 2 fully saturated rings. The first-order valence-corrected chi connectivity index (χ1v) is 10.7. The van der Waals surface area contributed by atoms with Crippen LogP contribution in [0.25, 0.3) is 0 Å². The molecule has 1 aliphatic heterocycles. The van der Waals surface area contributed by atoms with Gasteiger partial charge in [-0.05, 0) is 42.7 Å². The van der Waals surface area contributed by atoms with Crippen molar-refractivity contribution in [2.45, 2.75) is 18.3 Å². The second kappa shape index (κ2) is 7.92. The summed E-state index contributed by atoms with van der Waals surface area (Å²) in [5.41, 5.74) is 3.11. The van der Waals surface area contributed by atoms with Crippen LogP contribution in [0.5, 0.6) is 11.5 Å². The maximum absolute atomic E-state index is 6.18. The molecule has 2 aliphatic rings. The molecule has 3 aromatic rings. The first kappa shape index (κ1) is 18.3. The van der Waals surface area contributed by atoms with Crippen molar-refractivity contribution in [3.05, 3.63) is 90.5 Å². The molecule has 3 aromatic carbocycles. The van der Waals surface area contributed by atoms with Crippen LogP contribution in [0.3, 0.4) is 0 Å². The van der Waals surface area contributed by atoms with Crippen LogP contribution < -0.4 is 9.64 Å². The molecule has 0 unspecified atom stereocenters. The van der Waals surface area contributed by atoms with Gasteiger partial charge in [-0.25, -0.2) is 0 Å². The SMILES string of the molecule is c1ccc(Oc2ccccc2N2CCN(CC3(c4ccccc4)CC3)CC2)cc1. The number of ether oxygens (including phenoxy) is 1. The van der Waals surface area contributed by atoms with Gasteiger partial charge in [0.25, 0.3) is 0 Å². The molecule has 0 bridgehead atoms. The van der Waals surface area contributed by atoms with Crippen LogP contribution in [0, 0.1) is 0 Å². The molecule has 29 heavy (non-hydrogen) atoms. The van der Waals surface area contributed by atoms with Crippen molar-refractivity contribution in [2.75, 3.05) is 37.6 Å². The lowest BCUT2D eigenvalue weighted by atomic mass is 9.95. The summed E-state index contributed by atoms with van der Waals surface area (Å²) in [4.78, 5) is 5.12. The third-order valence-corrected chi connectivity index (χ3v) is 6.32. The van der Waals surface area contributed by atoms with Crippen molar-refractivity contribution < 1.29 is 4.74 Å². The molecule has 5 rings (SSSR count). The van der Waals surface area contributed by atoms with E-state index in [2.05, 4.69) is 64.4 Å². The van der Waals surface area contributed by atoms with Crippen molar-refractivity contribution in [2.24, 2.45) is 0 Å². The number of para-hydroxylation sites is 3. The Morgan fingerprint density at radius 1 is 0.690 bits per heavy atom. The molecule has 0 spiro atoms. The molecule has 0 radical (unpaired) electrons. The monoisotopic (exact) mass is 384 g/mol. The molecular formula is C26H28N2O. The molecule has 3 heteroatoms. The van der Waals surface area contributed by atoms with Gasteiger partial charge in [0.05, 0.1) is 5.69 Å². The maximum Gasteiger partial charge on any atom is 0.150 e. The zero-order chi connectivity index (χ0) is 19.5. The minimum Gasteiger partial charge on any atom is -0.455 e. The summed E-state index contributed by atoms with van der Waals surface area (Å²) >= 11 is 0. The summed E-state index contributed by atoms with van der Waals surface area (Å²) in [7, 11) is 0. The molecule has 0 aromatic heterocycles. The fraction of sp³-hybridized carbons (Fsp3) is 0.308. The fourth-order valence-electron chi connectivity index (χ4n) is 4.48. The highest BCUT2D eigenvalue weighted by Crippen LogP contribution is 2.48. The van der Waals surface area contributed by atoms with Crippen LogP contribution in [-0.2, 0) is 5.41 Å². The number of rotatable bonds is 6. The highest BCUT2D eigenvalue weighted by molar-refractivity contribution is 5.60. The Labute approximate surface area is 173 Å². The average Bonchev–Trinajstić information content (AvgIpc) is 3.57. The number of benzene rings is 3. The minimum absolute atomic E-state index is 0.401. The van der Waals surface area contributed by atoms with E-state index in [9.17, 15) is 0 Å². The Hall–Kier alpha value is -2.78. The topological polar surface area (TPSA) is 15.7 Å². The molecular weight excluding hydrogens is 356 g/mol. The quantitative estimate of drug-likeness (QED) is 0.571. The van der Waals surface area contributed by atoms with Gasteiger partial charge in [0.1, 0.15) is 5.75 Å². The van der Waals surface area contributed by atoms with Gasteiger partial charge in [0.15, 0.2) is 5.75 Å². The van der Waals surface area contributed by atoms with Crippen molar-refractivity contribution >= 4 is 5.69 Å². The molecule has 1 heterocycles. The van der Waals surface area contributed by atoms with Crippen LogP contribution in [-0.4, -0.2) is 37.6 Å². The highest BCUT2D eigenvalue weighted by Gasteiger charge is 2.45. The van der Waals surface area contributed by atoms with Crippen LogP contribution in [0.2, 0.25) is 0 Å². The molecule has 148 valence electrons. The zero-order valence-electron chi connectivity index (χ0n) is 16.8. The molecule has 1 saturated heterocycles. The molecule has 0 amide bonds. The normalized spacial score (nSPS) is 18.4. The minimum atomic E-state index is 0.401. The summed E-state index contributed by atoms with van der Waals surface area (Å²) < 4.78 is 6.18. The van der Waals surface area contributed by atoms with Crippen molar-refractivity contribution in [3.63, 3.8) is 0 Å². The van der Waals surface area contributed by atoms with Gasteiger partial charge in [-0.15, -0.1) is 0 Å². The van der Waals surface area contributed by atoms with Crippen LogP contribution >= 0.6 is 0 Å². The summed E-state index contributed by atoms with van der Waals surface area (Å²) in [6.45, 7) is 5.48. The lowest BCUT2D eigenvalue weighted by molar-refractivity contribution is 0.235. The Bertz CT molecular complexity index is 929. The van der Waals surface area contributed by atoms with Crippen molar-refractivity contribution in [3.8, 4) is 11.5 Å². The van der Waals surface area contributed by atoms with E-state index < -0.39 is 0 Å². The Morgan fingerprint density at radius 3 is 2.00 bits per heavy atom. The second-order valence-electron chi connectivity index (χ2n) is 8.29. The van der Waals surface area contributed by atoms with E-state index in [1.165, 1.54) is 30.6 Å². The van der Waals surface area contributed by atoms with E-state index in [0.29, 0.717) is 5.41 Å². The molecule has 0 atom stereocenters. The lowest BCUT2D eigenvalue weighted by Crippen LogP contribution is -2.48. The third kappa shape index (κ3) is 4.01. The molecule has 0 N–H and O–H groups in total. The lowest BCUT2D eigenvalue weighted by Gasteiger charge is -2.38. The predicted octanol–water partition coefficient (Wildman–Crippen LogP) is 5.33. The van der Waals surface area contributed by atoms with Crippen LogP contribution in [0.4, 0.5) is 5.69 Å². The second-order valence-corrected chi connectivity index (χ2v) is 8.29. The number of piperazine rings is 1. The van der Waals surface area contributed by atoms with E-state index in [1.54, 1.807) is 0 Å². The molecule has 1 aliphatic carbocycles. The number of hydrogen-bond donors (Lipinski definition) is 0. The number of anilines is 1. The Morgan fingerprint density at radius 2 is 1.31 bits per heavy atom. The van der Waals surface area contributed by atoms with E-state index in [0.717, 1.165) is 37.7 Å². The number of hydrogen-bond acceptors (Lipinski definition) is 3. The molecule has 3 nitrogen and oxygen atoms in total. The van der Waals surface area contributed by atoms with E-state index in [4.69, 9.17) is 4.74 Å². The zero-order valence-corrected chi connectivity index (χ0v) is 16.8. The summed E-state index contributed by atoms with van der Waals surface area (Å²) in [6.07, 6.45) is 2.65. The van der Waals surface area contributed by atoms with Crippen LogP contribution in [0.1, 0.15) is 18.4 Å². The Balaban J connectivity index is 1.24. The Kier molecular flexibility index (Phi) is 4.99. The van der Waals surface area contributed by atoms with Gasteiger partial charge in [-0.1, -0.05) is 60.7 Å². The highest BCUT2D eigenvalue weighted by atomic mass is 16.5. The standard InChI is InChI=1S/C26H28N2O/c1-3-9-22(10-4-1)26(15-16-26)21-27-17-19-28(20-18-27)24-13-7-8-14-25(24)29-23-11-5-2-6-12-23/h1-14H,15-21H2. The fourth-order valence-corrected chi connectivity index (χ4v) is 4.48. The summed E-state index contributed by atoms with van der Waals surface area (Å²) in [5, 5.41) is 0. The van der Waals surface area contributed by atoms with Crippen LogP contribution in [0.15, 0.2) is 84.9 Å². The first-order valence-electron chi connectivity index (χ1n) is 10.7. The van der Waals surface area contributed by atoms with Gasteiger partial charge in [-0.2, -0.15) is 0 Å². The van der Waals surface area contributed by atoms with Crippen molar-refractivity contribution in [1.82, 2.24) is 4.90 Å². The van der Waals surface area contributed by atoms with E-state index in [1.807, 2.05) is 30.3 Å². The van der Waals surface area contributed by atoms with Gasteiger partial charge in [0, 0.05) is 38.1 Å². The van der Waals surface area contributed by atoms with Crippen molar-refractivity contribution in [1.29, 1.82) is 0 Å². The van der Waals surface area contributed by atoms with E-state index >= 15 is 0 Å². The molecule has 1 saturated carbocycles. The first-order chi connectivity index (χ1) is 14.3. The largest absolute Gasteiger partial charge is 0.455 e. The number of nitrogens with zero attached hydrogens (tertiary/aromatic N) is 2. The van der Waals surface area contributed by atoms with E-state index in [-0.39, 0.29) is 0 Å². The maximum atomic E-state index is 6.18. The van der Waals surface area contributed by atoms with Gasteiger partial charge in [0.2, 0.25) is 0 Å². The summed E-state index contributed by atoms with van der Waals surface area (Å²) in [5.74, 6) is 1.83. The van der Waals surface area contributed by atoms with Gasteiger partial charge < -0.3 is 9.64 Å². The van der Waals surface area contributed by atoms with Gasteiger partial charge in [-0.3, -0.25) is 4.90 Å². The van der Waals surface area contributed by atoms with Gasteiger partial charge >= 0.3 is 0 Å². The third-order valence-electron chi connectivity index (χ3n) is 6.32. The summed E-state index contributed by atoms with van der Waals surface area (Å²) in [6, 6.07) is 29.5.